The third-order valence-electron chi connectivity index (χ3n) is 2.84. The summed E-state index contributed by atoms with van der Waals surface area (Å²) in [6.45, 7) is 1.23. The number of nitrogens with two attached hydrogens (primary N) is 1. The molecule has 2 aromatic carbocycles. The van der Waals surface area contributed by atoms with E-state index in [0.717, 1.165) is 16.8 Å². The quantitative estimate of drug-likeness (QED) is 0.897. The number of rotatable bonds is 4. The van der Waals surface area contributed by atoms with Gasteiger partial charge in [0.25, 0.3) is 0 Å². The zero-order valence-corrected chi connectivity index (χ0v) is 11.1. The summed E-state index contributed by atoms with van der Waals surface area (Å²) in [6.07, 6.45) is 0. The Balaban J connectivity index is 2.04. The molecule has 19 heavy (non-hydrogen) atoms. The smallest absolute Gasteiger partial charge is 0.0992 e. The van der Waals surface area contributed by atoms with E-state index < -0.39 is 0 Å². The first-order valence-corrected chi connectivity index (χ1v) is 6.32. The Labute approximate surface area is 117 Å². The van der Waals surface area contributed by atoms with Gasteiger partial charge in [-0.25, -0.2) is 0 Å². The zero-order chi connectivity index (χ0) is 13.7. The number of halogens is 1. The van der Waals surface area contributed by atoms with E-state index in [4.69, 9.17) is 22.6 Å². The Morgan fingerprint density at radius 1 is 1.11 bits per heavy atom. The average molecular weight is 272 g/mol. The topological polar surface area (TPSA) is 61.8 Å². The van der Waals surface area contributed by atoms with Crippen molar-refractivity contribution in [2.75, 3.05) is 5.32 Å². The summed E-state index contributed by atoms with van der Waals surface area (Å²) in [6, 6.07) is 15.4. The molecular weight excluding hydrogens is 258 g/mol. The lowest BCUT2D eigenvalue weighted by atomic mass is 10.1. The van der Waals surface area contributed by atoms with Crippen LogP contribution in [-0.4, -0.2) is 0 Å². The minimum atomic E-state index is 0.551. The average Bonchev–Trinajstić information content (AvgIpc) is 2.46. The molecule has 0 saturated heterocycles. The van der Waals surface area contributed by atoms with Crippen LogP contribution >= 0.6 is 11.6 Å². The molecule has 4 heteroatoms. The summed E-state index contributed by atoms with van der Waals surface area (Å²) < 4.78 is 0. The van der Waals surface area contributed by atoms with Gasteiger partial charge in [0.15, 0.2) is 0 Å². The van der Waals surface area contributed by atoms with Crippen LogP contribution in [0.4, 0.5) is 5.69 Å². The molecule has 0 aliphatic carbocycles. The summed E-state index contributed by atoms with van der Waals surface area (Å²) in [5, 5.41) is 12.6. The third-order valence-corrected chi connectivity index (χ3v) is 3.15. The molecule has 0 amide bonds. The van der Waals surface area contributed by atoms with Crippen molar-refractivity contribution in [2.45, 2.75) is 13.1 Å². The molecule has 0 radical (unpaired) electrons. The summed E-state index contributed by atoms with van der Waals surface area (Å²) >= 11 is 6.09. The molecule has 3 N–H and O–H groups in total. The molecule has 0 aromatic heterocycles. The van der Waals surface area contributed by atoms with Crippen molar-refractivity contribution in [3.05, 3.63) is 64.2 Å². The van der Waals surface area contributed by atoms with E-state index in [2.05, 4.69) is 11.4 Å². The molecule has 0 saturated carbocycles. The second-order valence-corrected chi connectivity index (χ2v) is 4.59. The van der Waals surface area contributed by atoms with Crippen molar-refractivity contribution >= 4 is 17.3 Å². The molecule has 2 rings (SSSR count). The van der Waals surface area contributed by atoms with Crippen molar-refractivity contribution < 1.29 is 0 Å². The second-order valence-electron chi connectivity index (χ2n) is 4.18. The van der Waals surface area contributed by atoms with Gasteiger partial charge in [0.2, 0.25) is 0 Å². The van der Waals surface area contributed by atoms with E-state index in [0.29, 0.717) is 23.7 Å². The van der Waals surface area contributed by atoms with Gasteiger partial charge in [0.05, 0.1) is 22.3 Å². The first-order valence-electron chi connectivity index (χ1n) is 5.94. The summed E-state index contributed by atoms with van der Waals surface area (Å²) in [7, 11) is 0. The molecular formula is C15H14ClN3. The third kappa shape index (κ3) is 3.47. The standard InChI is InChI=1S/C15H14ClN3/c16-14-7-13(9-18)5-6-15(14)19-10-12-3-1-11(8-17)2-4-12/h1-7,19H,8,10,17H2. The predicted molar refractivity (Wildman–Crippen MR) is 77.8 cm³/mol. The molecule has 0 aliphatic rings. The Bertz CT molecular complexity index is 600. The first-order chi connectivity index (χ1) is 9.22. The van der Waals surface area contributed by atoms with E-state index >= 15 is 0 Å². The van der Waals surface area contributed by atoms with Crippen LogP contribution in [0.15, 0.2) is 42.5 Å². The van der Waals surface area contributed by atoms with Crippen LogP contribution in [0.1, 0.15) is 16.7 Å². The largest absolute Gasteiger partial charge is 0.380 e. The van der Waals surface area contributed by atoms with Gasteiger partial charge in [-0.05, 0) is 29.3 Å². The fourth-order valence-corrected chi connectivity index (χ4v) is 1.97. The summed E-state index contributed by atoms with van der Waals surface area (Å²) in [5.74, 6) is 0. The maximum Gasteiger partial charge on any atom is 0.0992 e. The van der Waals surface area contributed by atoms with E-state index in [9.17, 15) is 0 Å². The minimum absolute atomic E-state index is 0.551. The number of hydrogen-bond acceptors (Lipinski definition) is 3. The number of nitrogens with zero attached hydrogens (tertiary/aromatic N) is 1. The second kappa shape index (κ2) is 6.24. The molecule has 96 valence electrons. The Kier molecular flexibility index (Phi) is 4.40. The molecule has 3 nitrogen and oxygen atoms in total. The lowest BCUT2D eigenvalue weighted by molar-refractivity contribution is 1.06. The number of anilines is 1. The van der Waals surface area contributed by atoms with Crippen LogP contribution in [-0.2, 0) is 13.1 Å². The van der Waals surface area contributed by atoms with Crippen LogP contribution in [0, 0.1) is 11.3 Å². The Morgan fingerprint density at radius 3 is 2.37 bits per heavy atom. The number of nitriles is 1. The van der Waals surface area contributed by atoms with E-state index in [-0.39, 0.29) is 0 Å². The Morgan fingerprint density at radius 2 is 1.79 bits per heavy atom. The molecule has 0 atom stereocenters. The van der Waals surface area contributed by atoms with Crippen LogP contribution < -0.4 is 11.1 Å². The molecule has 0 fully saturated rings. The monoisotopic (exact) mass is 271 g/mol. The molecule has 0 bridgehead atoms. The van der Waals surface area contributed by atoms with Crippen molar-refractivity contribution in [3.8, 4) is 6.07 Å². The first kappa shape index (κ1) is 13.4. The summed E-state index contributed by atoms with van der Waals surface area (Å²) in [4.78, 5) is 0. The lowest BCUT2D eigenvalue weighted by Crippen LogP contribution is -2.01. The van der Waals surface area contributed by atoms with Gasteiger partial charge in [-0.3, -0.25) is 0 Å². The summed E-state index contributed by atoms with van der Waals surface area (Å²) in [5.41, 5.74) is 9.20. The van der Waals surface area contributed by atoms with Gasteiger partial charge in [0.1, 0.15) is 0 Å². The van der Waals surface area contributed by atoms with Crippen molar-refractivity contribution in [1.82, 2.24) is 0 Å². The Hall–Kier alpha value is -2.02. The van der Waals surface area contributed by atoms with Crippen molar-refractivity contribution in [1.29, 1.82) is 5.26 Å². The van der Waals surface area contributed by atoms with Gasteiger partial charge in [0, 0.05) is 13.1 Å². The number of benzene rings is 2. The predicted octanol–water partition coefficient (Wildman–Crippen LogP) is 3.28. The highest BCUT2D eigenvalue weighted by molar-refractivity contribution is 6.33. The highest BCUT2D eigenvalue weighted by Crippen LogP contribution is 2.23. The van der Waals surface area contributed by atoms with Crippen molar-refractivity contribution in [2.24, 2.45) is 5.73 Å². The normalized spacial score (nSPS) is 9.95. The highest BCUT2D eigenvalue weighted by atomic mass is 35.5. The molecule has 0 aliphatic heterocycles. The van der Waals surface area contributed by atoms with Crippen LogP contribution in [0.3, 0.4) is 0 Å². The molecule has 2 aromatic rings. The molecule has 0 spiro atoms. The molecule has 0 unspecified atom stereocenters. The van der Waals surface area contributed by atoms with Crippen molar-refractivity contribution in [3.63, 3.8) is 0 Å². The number of hydrogen-bond donors (Lipinski definition) is 2. The van der Waals surface area contributed by atoms with E-state index in [1.165, 1.54) is 0 Å². The fraction of sp³-hybridized carbons (Fsp3) is 0.133. The van der Waals surface area contributed by atoms with Gasteiger partial charge in [-0.2, -0.15) is 5.26 Å². The maximum absolute atomic E-state index is 8.77. The van der Waals surface area contributed by atoms with E-state index in [1.54, 1.807) is 12.1 Å². The van der Waals surface area contributed by atoms with Gasteiger partial charge in [-0.15, -0.1) is 0 Å². The maximum atomic E-state index is 8.77. The zero-order valence-electron chi connectivity index (χ0n) is 10.4. The minimum Gasteiger partial charge on any atom is -0.380 e. The van der Waals surface area contributed by atoms with Crippen LogP contribution in [0.25, 0.3) is 0 Å². The van der Waals surface area contributed by atoms with E-state index in [1.807, 2.05) is 30.3 Å². The van der Waals surface area contributed by atoms with Crippen LogP contribution in [0.2, 0.25) is 5.02 Å². The molecule has 0 heterocycles. The SMILES string of the molecule is N#Cc1ccc(NCc2ccc(CN)cc2)c(Cl)c1. The lowest BCUT2D eigenvalue weighted by Gasteiger charge is -2.09. The van der Waals surface area contributed by atoms with Crippen LogP contribution in [0.5, 0.6) is 0 Å². The van der Waals surface area contributed by atoms with Gasteiger partial charge < -0.3 is 11.1 Å². The van der Waals surface area contributed by atoms with Gasteiger partial charge >= 0.3 is 0 Å². The van der Waals surface area contributed by atoms with Gasteiger partial charge in [-0.1, -0.05) is 35.9 Å². The highest BCUT2D eigenvalue weighted by Gasteiger charge is 2.01. The number of nitrogens with one attached hydrogen (secondary N) is 1. The fourth-order valence-electron chi connectivity index (χ4n) is 1.72.